The van der Waals surface area contributed by atoms with Crippen LogP contribution in [0.25, 0.3) is 0 Å². The number of hydrogen-bond acceptors (Lipinski definition) is 4. The van der Waals surface area contributed by atoms with Crippen molar-refractivity contribution in [1.29, 1.82) is 0 Å². The molecule has 96 valence electrons. The fourth-order valence-electron chi connectivity index (χ4n) is 1.75. The van der Waals surface area contributed by atoms with Crippen LogP contribution in [0.15, 0.2) is 0 Å². The van der Waals surface area contributed by atoms with Crippen molar-refractivity contribution in [2.45, 2.75) is 38.9 Å². The summed E-state index contributed by atoms with van der Waals surface area (Å²) in [6, 6.07) is 0. The van der Waals surface area contributed by atoms with Crippen LogP contribution in [0.5, 0.6) is 0 Å². The summed E-state index contributed by atoms with van der Waals surface area (Å²) in [5, 5.41) is 0. The van der Waals surface area contributed by atoms with Gasteiger partial charge in [0.05, 0.1) is 39.1 Å². The van der Waals surface area contributed by atoms with Gasteiger partial charge in [-0.15, -0.1) is 0 Å². The van der Waals surface area contributed by atoms with Gasteiger partial charge >= 0.3 is 0 Å². The first-order chi connectivity index (χ1) is 7.75. The van der Waals surface area contributed by atoms with E-state index in [2.05, 4.69) is 13.8 Å². The first-order valence-electron chi connectivity index (χ1n) is 6.16. The second-order valence-electron chi connectivity index (χ2n) is 4.03. The molecular weight excluding hydrogens is 208 g/mol. The van der Waals surface area contributed by atoms with Crippen LogP contribution in [0.4, 0.5) is 0 Å². The molecule has 4 heteroatoms. The third-order valence-electron chi connectivity index (χ3n) is 3.11. The van der Waals surface area contributed by atoms with Gasteiger partial charge in [-0.3, -0.25) is 0 Å². The van der Waals surface area contributed by atoms with Crippen molar-refractivity contribution in [3.05, 3.63) is 0 Å². The SMILES string of the molecule is CCOCCOCCOC1(CC)COC1C. The standard InChI is InChI=1S/C12H24O4/c1-4-12(10-15-11(12)3)16-9-8-14-7-6-13-5-2/h11H,4-10H2,1-3H3. The predicted molar refractivity (Wildman–Crippen MR) is 61.7 cm³/mol. The normalized spacial score (nSPS) is 29.1. The first kappa shape index (κ1) is 13.9. The molecule has 0 radical (unpaired) electrons. The van der Waals surface area contributed by atoms with E-state index in [0.29, 0.717) is 33.0 Å². The Morgan fingerprint density at radius 2 is 1.81 bits per heavy atom. The molecule has 0 saturated carbocycles. The summed E-state index contributed by atoms with van der Waals surface area (Å²) in [6.45, 7) is 10.2. The minimum Gasteiger partial charge on any atom is -0.379 e. The molecule has 2 unspecified atom stereocenters. The van der Waals surface area contributed by atoms with Gasteiger partial charge in [0.1, 0.15) is 5.60 Å². The Balaban J connectivity index is 1.98. The van der Waals surface area contributed by atoms with Gasteiger partial charge in [0, 0.05) is 6.61 Å². The zero-order valence-electron chi connectivity index (χ0n) is 10.7. The maximum Gasteiger partial charge on any atom is 0.117 e. The van der Waals surface area contributed by atoms with Crippen molar-refractivity contribution in [3.8, 4) is 0 Å². The van der Waals surface area contributed by atoms with Gasteiger partial charge in [-0.1, -0.05) is 6.92 Å². The van der Waals surface area contributed by atoms with E-state index in [1.165, 1.54) is 0 Å². The van der Waals surface area contributed by atoms with Crippen LogP contribution in [-0.4, -0.2) is 51.3 Å². The van der Waals surface area contributed by atoms with E-state index in [4.69, 9.17) is 18.9 Å². The van der Waals surface area contributed by atoms with Crippen molar-refractivity contribution < 1.29 is 18.9 Å². The van der Waals surface area contributed by atoms with Gasteiger partial charge in [-0.2, -0.15) is 0 Å². The van der Waals surface area contributed by atoms with E-state index >= 15 is 0 Å². The molecule has 0 bridgehead atoms. The molecule has 16 heavy (non-hydrogen) atoms. The summed E-state index contributed by atoms with van der Waals surface area (Å²) < 4.78 is 21.8. The van der Waals surface area contributed by atoms with E-state index in [1.54, 1.807) is 0 Å². The topological polar surface area (TPSA) is 36.9 Å². The van der Waals surface area contributed by atoms with Crippen molar-refractivity contribution in [1.82, 2.24) is 0 Å². The fraction of sp³-hybridized carbons (Fsp3) is 1.00. The van der Waals surface area contributed by atoms with Gasteiger partial charge in [-0.05, 0) is 20.3 Å². The van der Waals surface area contributed by atoms with Crippen LogP contribution in [0.1, 0.15) is 27.2 Å². The molecule has 0 N–H and O–H groups in total. The first-order valence-corrected chi connectivity index (χ1v) is 6.16. The van der Waals surface area contributed by atoms with Crippen molar-refractivity contribution in [3.63, 3.8) is 0 Å². The van der Waals surface area contributed by atoms with Crippen LogP contribution in [0.2, 0.25) is 0 Å². The summed E-state index contributed by atoms with van der Waals surface area (Å²) in [4.78, 5) is 0. The summed E-state index contributed by atoms with van der Waals surface area (Å²) in [5.74, 6) is 0. The lowest BCUT2D eigenvalue weighted by atomic mass is 9.90. The molecule has 0 amide bonds. The van der Waals surface area contributed by atoms with Gasteiger partial charge in [-0.25, -0.2) is 0 Å². The van der Waals surface area contributed by atoms with Crippen LogP contribution in [0, 0.1) is 0 Å². The zero-order chi connectivity index (χ0) is 11.9. The lowest BCUT2D eigenvalue weighted by molar-refractivity contribution is -0.258. The van der Waals surface area contributed by atoms with E-state index in [9.17, 15) is 0 Å². The molecule has 1 fully saturated rings. The Morgan fingerprint density at radius 3 is 2.31 bits per heavy atom. The molecule has 0 aliphatic carbocycles. The minimum atomic E-state index is -0.0662. The van der Waals surface area contributed by atoms with Crippen LogP contribution in [-0.2, 0) is 18.9 Å². The lowest BCUT2D eigenvalue weighted by Crippen LogP contribution is -2.58. The van der Waals surface area contributed by atoms with E-state index in [1.807, 2.05) is 6.92 Å². The molecule has 1 heterocycles. The Hall–Kier alpha value is -0.160. The largest absolute Gasteiger partial charge is 0.379 e. The molecule has 1 aliphatic heterocycles. The highest BCUT2D eigenvalue weighted by atomic mass is 16.6. The van der Waals surface area contributed by atoms with Crippen LogP contribution in [0.3, 0.4) is 0 Å². The molecule has 2 atom stereocenters. The predicted octanol–water partition coefficient (Wildman–Crippen LogP) is 1.62. The van der Waals surface area contributed by atoms with E-state index in [0.717, 1.165) is 13.0 Å². The molecular formula is C12H24O4. The highest BCUT2D eigenvalue weighted by molar-refractivity contribution is 4.93. The highest BCUT2D eigenvalue weighted by Crippen LogP contribution is 2.32. The third kappa shape index (κ3) is 3.70. The fourth-order valence-corrected chi connectivity index (χ4v) is 1.75. The molecule has 0 spiro atoms. The number of ether oxygens (including phenoxy) is 4. The smallest absolute Gasteiger partial charge is 0.117 e. The summed E-state index contributed by atoms with van der Waals surface area (Å²) >= 11 is 0. The van der Waals surface area contributed by atoms with Gasteiger partial charge < -0.3 is 18.9 Å². The molecule has 0 aromatic heterocycles. The van der Waals surface area contributed by atoms with E-state index in [-0.39, 0.29) is 11.7 Å². The van der Waals surface area contributed by atoms with Crippen LogP contribution < -0.4 is 0 Å². The third-order valence-corrected chi connectivity index (χ3v) is 3.11. The molecule has 4 nitrogen and oxygen atoms in total. The zero-order valence-corrected chi connectivity index (χ0v) is 10.7. The monoisotopic (exact) mass is 232 g/mol. The number of rotatable bonds is 9. The second kappa shape index (κ2) is 7.22. The minimum absolute atomic E-state index is 0.0662. The quantitative estimate of drug-likeness (QED) is 0.566. The van der Waals surface area contributed by atoms with Crippen LogP contribution >= 0.6 is 0 Å². The Morgan fingerprint density at radius 1 is 1.12 bits per heavy atom. The average molecular weight is 232 g/mol. The molecule has 0 aromatic rings. The van der Waals surface area contributed by atoms with Crippen molar-refractivity contribution >= 4 is 0 Å². The lowest BCUT2D eigenvalue weighted by Gasteiger charge is -2.46. The summed E-state index contributed by atoms with van der Waals surface area (Å²) in [6.07, 6.45) is 1.20. The van der Waals surface area contributed by atoms with E-state index < -0.39 is 0 Å². The van der Waals surface area contributed by atoms with Crippen molar-refractivity contribution in [2.24, 2.45) is 0 Å². The average Bonchev–Trinajstić information content (AvgIpc) is 2.31. The summed E-state index contributed by atoms with van der Waals surface area (Å²) in [7, 11) is 0. The maximum atomic E-state index is 5.84. The molecule has 1 saturated heterocycles. The van der Waals surface area contributed by atoms with Gasteiger partial charge in [0.2, 0.25) is 0 Å². The second-order valence-corrected chi connectivity index (χ2v) is 4.03. The Labute approximate surface area is 98.2 Å². The molecule has 0 aromatic carbocycles. The highest BCUT2D eigenvalue weighted by Gasteiger charge is 2.45. The van der Waals surface area contributed by atoms with Gasteiger partial charge in [0.15, 0.2) is 0 Å². The number of hydrogen-bond donors (Lipinski definition) is 0. The Kier molecular flexibility index (Phi) is 6.28. The molecule has 1 aliphatic rings. The molecule has 1 rings (SSSR count). The Bertz CT molecular complexity index is 182. The van der Waals surface area contributed by atoms with Crippen molar-refractivity contribution in [2.75, 3.05) is 39.6 Å². The maximum absolute atomic E-state index is 5.84. The summed E-state index contributed by atoms with van der Waals surface area (Å²) in [5.41, 5.74) is -0.0662. The van der Waals surface area contributed by atoms with Gasteiger partial charge in [0.25, 0.3) is 0 Å².